The molecule has 0 atom stereocenters. The Labute approximate surface area is 157 Å². The summed E-state index contributed by atoms with van der Waals surface area (Å²) in [5, 5.41) is 6.28. The number of methoxy groups -OCH3 is 1. The molecule has 0 bridgehead atoms. The highest BCUT2D eigenvalue weighted by Crippen LogP contribution is 2.26. The fourth-order valence-corrected chi connectivity index (χ4v) is 2.27. The number of pyridine rings is 1. The van der Waals surface area contributed by atoms with Crippen molar-refractivity contribution in [2.24, 2.45) is 0 Å². The number of halogens is 1. The minimum absolute atomic E-state index is 0.184. The second kappa shape index (κ2) is 9.17. The number of carbonyl (C=O) groups is 2. The Morgan fingerprint density at radius 2 is 1.92 bits per heavy atom. The van der Waals surface area contributed by atoms with Crippen LogP contribution in [0.2, 0.25) is 5.02 Å². The normalized spacial score (nSPS) is 10.5. The quantitative estimate of drug-likeness (QED) is 0.722. The van der Waals surface area contributed by atoms with Crippen LogP contribution >= 0.6 is 11.6 Å². The first-order valence-electron chi connectivity index (χ1n) is 7.94. The maximum atomic E-state index is 12.0. The van der Waals surface area contributed by atoms with Gasteiger partial charge in [0.05, 0.1) is 28.9 Å². The van der Waals surface area contributed by atoms with Gasteiger partial charge >= 0.3 is 5.97 Å². The molecule has 1 amide bonds. The highest BCUT2D eigenvalue weighted by Gasteiger charge is 2.10. The van der Waals surface area contributed by atoms with Crippen LogP contribution in [-0.2, 0) is 4.74 Å². The first kappa shape index (κ1) is 19.7. The van der Waals surface area contributed by atoms with Crippen LogP contribution in [0, 0.1) is 0 Å². The third-order valence-electron chi connectivity index (χ3n) is 3.52. The monoisotopic (exact) mass is 376 g/mol. The average molecular weight is 377 g/mol. The number of nitrogens with zero attached hydrogens (tertiary/aromatic N) is 2. The molecule has 0 aliphatic carbocycles. The SMILES string of the molecule is COC(=O)c1ccc(Cl)c(Nc2ccc(C(=O)NCCN(C)C)cn2)c1. The number of hydrogen-bond donors (Lipinski definition) is 2. The first-order valence-corrected chi connectivity index (χ1v) is 8.32. The molecule has 26 heavy (non-hydrogen) atoms. The summed E-state index contributed by atoms with van der Waals surface area (Å²) in [6.45, 7) is 1.32. The molecule has 0 aliphatic rings. The van der Waals surface area contributed by atoms with E-state index in [0.29, 0.717) is 34.2 Å². The number of likely N-dealkylation sites (N-methyl/N-ethyl adjacent to an activating group) is 1. The number of amides is 1. The van der Waals surface area contributed by atoms with Crippen LogP contribution in [-0.4, -0.2) is 56.1 Å². The summed E-state index contributed by atoms with van der Waals surface area (Å²) >= 11 is 6.15. The van der Waals surface area contributed by atoms with E-state index in [-0.39, 0.29) is 5.91 Å². The van der Waals surface area contributed by atoms with Crippen LogP contribution in [0.15, 0.2) is 36.5 Å². The van der Waals surface area contributed by atoms with E-state index in [1.54, 1.807) is 30.3 Å². The van der Waals surface area contributed by atoms with E-state index < -0.39 is 5.97 Å². The van der Waals surface area contributed by atoms with Crippen molar-refractivity contribution in [1.29, 1.82) is 0 Å². The molecule has 1 aromatic carbocycles. The third-order valence-corrected chi connectivity index (χ3v) is 3.85. The highest BCUT2D eigenvalue weighted by molar-refractivity contribution is 6.33. The molecule has 138 valence electrons. The van der Waals surface area contributed by atoms with Crippen molar-refractivity contribution in [2.75, 3.05) is 39.6 Å². The Hall–Kier alpha value is -2.64. The molecule has 0 spiro atoms. The Balaban J connectivity index is 2.05. The number of carbonyl (C=O) groups excluding carboxylic acids is 2. The molecule has 2 aromatic rings. The molecule has 0 unspecified atom stereocenters. The van der Waals surface area contributed by atoms with Gasteiger partial charge in [0.25, 0.3) is 5.91 Å². The van der Waals surface area contributed by atoms with Gasteiger partial charge in [0.2, 0.25) is 0 Å². The molecule has 1 aromatic heterocycles. The van der Waals surface area contributed by atoms with Gasteiger partial charge in [-0.2, -0.15) is 0 Å². The molecular formula is C18H21ClN4O3. The lowest BCUT2D eigenvalue weighted by Gasteiger charge is -2.11. The molecule has 0 aliphatic heterocycles. The van der Waals surface area contributed by atoms with Crippen molar-refractivity contribution in [3.05, 3.63) is 52.7 Å². The van der Waals surface area contributed by atoms with Crippen molar-refractivity contribution in [1.82, 2.24) is 15.2 Å². The topological polar surface area (TPSA) is 83.6 Å². The molecule has 1 heterocycles. The molecule has 7 nitrogen and oxygen atoms in total. The lowest BCUT2D eigenvalue weighted by atomic mass is 10.2. The number of hydrogen-bond acceptors (Lipinski definition) is 6. The number of ether oxygens (including phenoxy) is 1. The zero-order chi connectivity index (χ0) is 19.1. The van der Waals surface area contributed by atoms with E-state index >= 15 is 0 Å². The molecule has 0 fully saturated rings. The van der Waals surface area contributed by atoms with Gasteiger partial charge in [-0.3, -0.25) is 4.79 Å². The van der Waals surface area contributed by atoms with Gasteiger partial charge < -0.3 is 20.3 Å². The smallest absolute Gasteiger partial charge is 0.337 e. The van der Waals surface area contributed by atoms with E-state index in [2.05, 4.69) is 15.6 Å². The molecule has 0 radical (unpaired) electrons. The third kappa shape index (κ3) is 5.44. The number of aromatic nitrogens is 1. The van der Waals surface area contributed by atoms with Gasteiger partial charge in [-0.05, 0) is 44.4 Å². The summed E-state index contributed by atoms with van der Waals surface area (Å²) in [6, 6.07) is 8.09. The van der Waals surface area contributed by atoms with Gasteiger partial charge in [-0.15, -0.1) is 0 Å². The van der Waals surface area contributed by atoms with Crippen LogP contribution < -0.4 is 10.6 Å². The van der Waals surface area contributed by atoms with Gasteiger partial charge in [0, 0.05) is 19.3 Å². The zero-order valence-electron chi connectivity index (χ0n) is 14.9. The molecule has 0 saturated heterocycles. The Morgan fingerprint density at radius 1 is 1.19 bits per heavy atom. The van der Waals surface area contributed by atoms with Crippen LogP contribution in [0.25, 0.3) is 0 Å². The van der Waals surface area contributed by atoms with Crippen molar-refractivity contribution < 1.29 is 14.3 Å². The van der Waals surface area contributed by atoms with E-state index in [9.17, 15) is 9.59 Å². The van der Waals surface area contributed by atoms with Gasteiger partial charge in [0.15, 0.2) is 0 Å². The Morgan fingerprint density at radius 3 is 2.54 bits per heavy atom. The highest BCUT2D eigenvalue weighted by atomic mass is 35.5. The molecule has 2 N–H and O–H groups in total. The summed E-state index contributed by atoms with van der Waals surface area (Å²) in [5.41, 5.74) is 1.35. The number of benzene rings is 1. The molecule has 8 heteroatoms. The van der Waals surface area contributed by atoms with Crippen LogP contribution in [0.5, 0.6) is 0 Å². The second-order valence-corrected chi connectivity index (χ2v) is 6.21. The van der Waals surface area contributed by atoms with Crippen molar-refractivity contribution in [3.8, 4) is 0 Å². The number of rotatable bonds is 7. The van der Waals surface area contributed by atoms with E-state index in [4.69, 9.17) is 16.3 Å². The summed E-state index contributed by atoms with van der Waals surface area (Å²) in [6.07, 6.45) is 1.48. The van der Waals surface area contributed by atoms with Crippen LogP contribution in [0.3, 0.4) is 0 Å². The zero-order valence-corrected chi connectivity index (χ0v) is 15.6. The maximum Gasteiger partial charge on any atom is 0.337 e. The standard InChI is InChI=1S/C18H21ClN4O3/c1-23(2)9-8-20-17(24)13-5-7-16(21-11-13)22-15-10-12(18(25)26-3)4-6-14(15)19/h4-7,10-11H,8-9H2,1-3H3,(H,20,24)(H,21,22). The largest absolute Gasteiger partial charge is 0.465 e. The van der Waals surface area contributed by atoms with Crippen molar-refractivity contribution in [3.63, 3.8) is 0 Å². The summed E-state index contributed by atoms with van der Waals surface area (Å²) in [4.78, 5) is 29.9. The summed E-state index contributed by atoms with van der Waals surface area (Å²) in [5.74, 6) is -0.141. The van der Waals surface area contributed by atoms with Gasteiger partial charge in [0.1, 0.15) is 5.82 Å². The predicted molar refractivity (Wildman–Crippen MR) is 101 cm³/mol. The molecular weight excluding hydrogens is 356 g/mol. The van der Waals surface area contributed by atoms with E-state index in [1.807, 2.05) is 19.0 Å². The number of anilines is 2. The fraction of sp³-hybridized carbons (Fsp3) is 0.278. The number of nitrogens with one attached hydrogen (secondary N) is 2. The summed E-state index contributed by atoms with van der Waals surface area (Å²) < 4.78 is 4.70. The fourth-order valence-electron chi connectivity index (χ4n) is 2.10. The Bertz CT molecular complexity index is 779. The van der Waals surface area contributed by atoms with Gasteiger partial charge in [-0.25, -0.2) is 9.78 Å². The Kier molecular flexibility index (Phi) is 6.94. The van der Waals surface area contributed by atoms with E-state index in [1.165, 1.54) is 13.3 Å². The maximum absolute atomic E-state index is 12.0. The van der Waals surface area contributed by atoms with Crippen LogP contribution in [0.4, 0.5) is 11.5 Å². The van der Waals surface area contributed by atoms with Crippen molar-refractivity contribution >= 4 is 35.0 Å². The van der Waals surface area contributed by atoms with Gasteiger partial charge in [-0.1, -0.05) is 11.6 Å². The molecule has 2 rings (SSSR count). The number of esters is 1. The minimum atomic E-state index is -0.456. The van der Waals surface area contributed by atoms with Crippen LogP contribution in [0.1, 0.15) is 20.7 Å². The molecule has 0 saturated carbocycles. The lowest BCUT2D eigenvalue weighted by Crippen LogP contribution is -2.31. The summed E-state index contributed by atoms with van der Waals surface area (Å²) in [7, 11) is 5.19. The predicted octanol–water partition coefficient (Wildman–Crippen LogP) is 2.56. The lowest BCUT2D eigenvalue weighted by molar-refractivity contribution is 0.0600. The average Bonchev–Trinajstić information content (AvgIpc) is 2.63. The first-order chi connectivity index (χ1) is 12.4. The van der Waals surface area contributed by atoms with Crippen molar-refractivity contribution in [2.45, 2.75) is 0 Å². The van der Waals surface area contributed by atoms with E-state index in [0.717, 1.165) is 6.54 Å². The second-order valence-electron chi connectivity index (χ2n) is 5.80. The minimum Gasteiger partial charge on any atom is -0.465 e.